The molecule has 0 aliphatic carbocycles. The maximum absolute atomic E-state index is 11.1. The van der Waals surface area contributed by atoms with Gasteiger partial charge in [0, 0.05) is 6.42 Å². The molecule has 0 amide bonds. The predicted molar refractivity (Wildman–Crippen MR) is 36.8 cm³/mol. The fraction of sp³-hybridized carbons (Fsp3) is 0.875. The van der Waals surface area contributed by atoms with E-state index in [1.54, 1.807) is 0 Å². The molecule has 2 aliphatic rings. The van der Waals surface area contributed by atoms with Crippen LogP contribution in [0.2, 0.25) is 0 Å². The second-order valence-electron chi connectivity index (χ2n) is 3.18. The van der Waals surface area contributed by atoms with Crippen LogP contribution in [0.15, 0.2) is 0 Å². The Kier molecular flexibility index (Phi) is 1.49. The summed E-state index contributed by atoms with van der Waals surface area (Å²) in [4.78, 5) is 11.1. The zero-order valence-corrected chi connectivity index (χ0v) is 6.01. The molecule has 0 aromatic carbocycles. The average Bonchev–Trinajstić information content (AvgIpc) is 1.99. The molecule has 0 radical (unpaired) electrons. The molecule has 2 aliphatic heterocycles. The van der Waals surface area contributed by atoms with Crippen molar-refractivity contribution >= 4 is 5.78 Å². The van der Waals surface area contributed by atoms with Crippen molar-refractivity contribution in [2.75, 3.05) is 0 Å². The molecule has 2 heteroatoms. The van der Waals surface area contributed by atoms with E-state index in [-0.39, 0.29) is 6.10 Å². The van der Waals surface area contributed by atoms with Gasteiger partial charge in [0.25, 0.3) is 0 Å². The molecule has 0 N–H and O–H groups in total. The summed E-state index contributed by atoms with van der Waals surface area (Å²) in [6.07, 6.45) is 5.44. The minimum Gasteiger partial charge on any atom is -0.367 e. The molecule has 2 fully saturated rings. The van der Waals surface area contributed by atoms with Crippen LogP contribution in [0.4, 0.5) is 0 Å². The Bertz CT molecular complexity index is 153. The second kappa shape index (κ2) is 2.35. The number of rotatable bonds is 0. The summed E-state index contributed by atoms with van der Waals surface area (Å²) < 4.78 is 5.48. The van der Waals surface area contributed by atoms with Gasteiger partial charge in [-0.15, -0.1) is 0 Å². The summed E-state index contributed by atoms with van der Waals surface area (Å²) >= 11 is 0. The fourth-order valence-corrected chi connectivity index (χ4v) is 1.81. The Morgan fingerprint density at radius 3 is 3.00 bits per heavy atom. The van der Waals surface area contributed by atoms with Crippen molar-refractivity contribution in [1.82, 2.24) is 0 Å². The van der Waals surface area contributed by atoms with Crippen LogP contribution in [0.5, 0.6) is 0 Å². The minimum absolute atomic E-state index is 0.0208. The molecule has 0 aromatic heterocycles. The van der Waals surface area contributed by atoms with Crippen molar-refractivity contribution in [3.63, 3.8) is 0 Å². The van der Waals surface area contributed by atoms with E-state index in [1.807, 2.05) is 0 Å². The highest BCUT2D eigenvalue weighted by atomic mass is 16.5. The van der Waals surface area contributed by atoms with E-state index in [0.717, 1.165) is 19.3 Å². The van der Waals surface area contributed by atoms with Crippen LogP contribution in [0.1, 0.15) is 32.1 Å². The molecule has 2 heterocycles. The minimum atomic E-state index is -0.0208. The largest absolute Gasteiger partial charge is 0.367 e. The van der Waals surface area contributed by atoms with E-state index >= 15 is 0 Å². The highest BCUT2D eigenvalue weighted by molar-refractivity contribution is 5.83. The summed E-state index contributed by atoms with van der Waals surface area (Å²) in [5, 5.41) is 0. The molecule has 0 saturated carbocycles. The number of ketones is 1. The summed E-state index contributed by atoms with van der Waals surface area (Å²) in [7, 11) is 0. The van der Waals surface area contributed by atoms with Crippen molar-refractivity contribution in [3.05, 3.63) is 0 Å². The van der Waals surface area contributed by atoms with E-state index in [2.05, 4.69) is 0 Å². The Morgan fingerprint density at radius 1 is 1.30 bits per heavy atom. The van der Waals surface area contributed by atoms with Crippen molar-refractivity contribution in [2.24, 2.45) is 0 Å². The van der Waals surface area contributed by atoms with Gasteiger partial charge in [-0.3, -0.25) is 4.79 Å². The van der Waals surface area contributed by atoms with Gasteiger partial charge in [0.1, 0.15) is 6.10 Å². The summed E-state index contributed by atoms with van der Waals surface area (Å²) in [5.41, 5.74) is 0. The van der Waals surface area contributed by atoms with E-state index in [0.29, 0.717) is 11.9 Å². The Labute approximate surface area is 60.6 Å². The highest BCUT2D eigenvalue weighted by Gasteiger charge is 2.32. The van der Waals surface area contributed by atoms with Crippen molar-refractivity contribution in [2.45, 2.75) is 44.3 Å². The van der Waals surface area contributed by atoms with Gasteiger partial charge < -0.3 is 4.74 Å². The first-order chi connectivity index (χ1) is 4.86. The lowest BCUT2D eigenvalue weighted by Crippen LogP contribution is -2.38. The zero-order chi connectivity index (χ0) is 6.97. The van der Waals surface area contributed by atoms with Gasteiger partial charge in [-0.1, -0.05) is 0 Å². The Morgan fingerprint density at radius 2 is 2.20 bits per heavy atom. The summed E-state index contributed by atoms with van der Waals surface area (Å²) in [5.74, 6) is 0.330. The van der Waals surface area contributed by atoms with E-state index < -0.39 is 0 Å². The van der Waals surface area contributed by atoms with Crippen LogP contribution in [0, 0.1) is 0 Å². The van der Waals surface area contributed by atoms with E-state index in [1.165, 1.54) is 12.8 Å². The topological polar surface area (TPSA) is 26.3 Å². The monoisotopic (exact) mass is 140 g/mol. The van der Waals surface area contributed by atoms with Gasteiger partial charge in [0.05, 0.1) is 6.10 Å². The third kappa shape index (κ3) is 0.966. The highest BCUT2D eigenvalue weighted by Crippen LogP contribution is 2.28. The number of hydrogen-bond donors (Lipinski definition) is 0. The second-order valence-corrected chi connectivity index (χ2v) is 3.18. The molecular formula is C8H12O2. The lowest BCUT2D eigenvalue weighted by atomic mass is 9.91. The van der Waals surface area contributed by atoms with Crippen LogP contribution in [-0.4, -0.2) is 18.0 Å². The molecule has 0 aromatic rings. The fourth-order valence-electron chi connectivity index (χ4n) is 1.81. The lowest BCUT2D eigenvalue weighted by molar-refractivity contribution is -0.148. The number of Topliss-reactive ketones (excluding diaryl/α,β-unsaturated/α-hetero) is 1. The molecule has 2 atom stereocenters. The number of carbonyl (C=O) groups excluding carboxylic acids is 1. The standard InChI is InChI=1S/C8H12O2/c9-7-5-4-6-2-1-3-8(7)10-6/h6,8H,1-5H2/t6-,8+/m1/s1. The number of fused-ring (bicyclic) bond motifs is 2. The van der Waals surface area contributed by atoms with E-state index in [4.69, 9.17) is 4.74 Å². The predicted octanol–water partition coefficient (Wildman–Crippen LogP) is 1.29. The van der Waals surface area contributed by atoms with Crippen molar-refractivity contribution in [1.29, 1.82) is 0 Å². The smallest absolute Gasteiger partial charge is 0.161 e. The third-order valence-corrected chi connectivity index (χ3v) is 2.42. The van der Waals surface area contributed by atoms with Crippen LogP contribution >= 0.6 is 0 Å². The molecule has 2 rings (SSSR count). The third-order valence-electron chi connectivity index (χ3n) is 2.42. The van der Waals surface area contributed by atoms with Gasteiger partial charge in [-0.05, 0) is 25.7 Å². The van der Waals surface area contributed by atoms with Gasteiger partial charge in [-0.2, -0.15) is 0 Å². The van der Waals surface area contributed by atoms with Crippen molar-refractivity contribution in [3.8, 4) is 0 Å². The molecule has 0 unspecified atom stereocenters. The van der Waals surface area contributed by atoms with Gasteiger partial charge in [0.15, 0.2) is 5.78 Å². The molecule has 2 bridgehead atoms. The number of carbonyl (C=O) groups is 1. The quantitative estimate of drug-likeness (QED) is 0.506. The Hall–Kier alpha value is -0.370. The van der Waals surface area contributed by atoms with Crippen LogP contribution in [0.3, 0.4) is 0 Å². The number of hydrogen-bond acceptors (Lipinski definition) is 2. The molecule has 2 saturated heterocycles. The lowest BCUT2D eigenvalue weighted by Gasteiger charge is -2.33. The van der Waals surface area contributed by atoms with Crippen molar-refractivity contribution < 1.29 is 9.53 Å². The molecular weight excluding hydrogens is 128 g/mol. The van der Waals surface area contributed by atoms with Gasteiger partial charge >= 0.3 is 0 Å². The zero-order valence-electron chi connectivity index (χ0n) is 6.01. The first-order valence-electron chi connectivity index (χ1n) is 4.04. The van der Waals surface area contributed by atoms with Gasteiger partial charge in [-0.25, -0.2) is 0 Å². The van der Waals surface area contributed by atoms with Crippen LogP contribution in [-0.2, 0) is 9.53 Å². The van der Waals surface area contributed by atoms with E-state index in [9.17, 15) is 4.79 Å². The molecule has 10 heavy (non-hydrogen) atoms. The maximum Gasteiger partial charge on any atom is 0.161 e. The van der Waals surface area contributed by atoms with Crippen LogP contribution in [0.25, 0.3) is 0 Å². The van der Waals surface area contributed by atoms with Crippen LogP contribution < -0.4 is 0 Å². The first-order valence-corrected chi connectivity index (χ1v) is 4.04. The number of ether oxygens (including phenoxy) is 1. The molecule has 2 nitrogen and oxygen atoms in total. The van der Waals surface area contributed by atoms with Gasteiger partial charge in [0.2, 0.25) is 0 Å². The summed E-state index contributed by atoms with van der Waals surface area (Å²) in [6.45, 7) is 0. The molecule has 0 spiro atoms. The Balaban J connectivity index is 2.07. The SMILES string of the molecule is O=C1CC[C@H]2CCC[C@@H]1O2. The average molecular weight is 140 g/mol. The first kappa shape index (κ1) is 6.35. The summed E-state index contributed by atoms with van der Waals surface area (Å²) in [6, 6.07) is 0. The maximum atomic E-state index is 11.1. The normalized spacial score (nSPS) is 39.8. The molecule has 56 valence electrons.